The molecule has 0 amide bonds. The Kier molecular flexibility index (Phi) is 4.27. The van der Waals surface area contributed by atoms with E-state index in [-0.39, 0.29) is 16.0 Å². The maximum absolute atomic E-state index is 10.8. The first kappa shape index (κ1) is 14.4. The van der Waals surface area contributed by atoms with Crippen LogP contribution in [0.25, 0.3) is 0 Å². The zero-order valence-electron chi connectivity index (χ0n) is 11.7. The Bertz CT molecular complexity index is 438. The maximum atomic E-state index is 10.8. The molecular formula is C13H21N3O2. The summed E-state index contributed by atoms with van der Waals surface area (Å²) in [6.45, 7) is 11.1. The molecule has 0 saturated carbocycles. The molecule has 5 heteroatoms. The molecule has 1 aromatic rings. The van der Waals surface area contributed by atoms with Crippen molar-refractivity contribution < 1.29 is 4.92 Å². The predicted octanol–water partition coefficient (Wildman–Crippen LogP) is 3.39. The summed E-state index contributed by atoms with van der Waals surface area (Å²) in [6, 6.07) is 1.49. The Morgan fingerprint density at radius 3 is 2.61 bits per heavy atom. The number of nitrogens with zero attached hydrogens (tertiary/aromatic N) is 2. The van der Waals surface area contributed by atoms with Crippen LogP contribution in [0.1, 0.15) is 33.3 Å². The summed E-state index contributed by atoms with van der Waals surface area (Å²) < 4.78 is 0. The molecule has 0 saturated heterocycles. The van der Waals surface area contributed by atoms with Crippen LogP contribution in [0.5, 0.6) is 0 Å². The molecule has 1 unspecified atom stereocenters. The Balaban J connectivity index is 2.75. The van der Waals surface area contributed by atoms with Crippen LogP contribution in [-0.2, 0) is 0 Å². The monoisotopic (exact) mass is 251 g/mol. The molecule has 0 aliphatic rings. The third kappa shape index (κ3) is 3.68. The van der Waals surface area contributed by atoms with Gasteiger partial charge in [0.1, 0.15) is 5.82 Å². The van der Waals surface area contributed by atoms with Crippen molar-refractivity contribution >= 4 is 11.5 Å². The van der Waals surface area contributed by atoms with E-state index in [0.29, 0.717) is 17.3 Å². The molecule has 1 rings (SSSR count). The van der Waals surface area contributed by atoms with Gasteiger partial charge in [0.2, 0.25) is 0 Å². The summed E-state index contributed by atoms with van der Waals surface area (Å²) in [7, 11) is 0. The van der Waals surface area contributed by atoms with Crippen LogP contribution in [0.2, 0.25) is 0 Å². The average molecular weight is 251 g/mol. The van der Waals surface area contributed by atoms with Gasteiger partial charge in [0, 0.05) is 18.3 Å². The molecule has 1 N–H and O–H groups in total. The zero-order chi connectivity index (χ0) is 13.9. The van der Waals surface area contributed by atoms with Gasteiger partial charge in [-0.1, -0.05) is 27.7 Å². The molecule has 0 spiro atoms. The normalized spacial score (nSPS) is 13.2. The largest absolute Gasteiger partial charge is 0.370 e. The molecule has 0 aromatic carbocycles. The standard InChI is InChI=1S/C13H21N3O2/c1-9-7-14-12(6-11(9)16(17)18)15-8-10(2)13(3,4)5/h6-7,10H,8H2,1-5H3,(H,14,15). The van der Waals surface area contributed by atoms with Gasteiger partial charge in [0.15, 0.2) is 0 Å². The Labute approximate surface area is 108 Å². The SMILES string of the molecule is Cc1cnc(NCC(C)C(C)(C)C)cc1[N+](=O)[O-]. The van der Waals surface area contributed by atoms with Crippen molar-refractivity contribution in [3.05, 3.63) is 27.9 Å². The molecule has 0 fully saturated rings. The van der Waals surface area contributed by atoms with E-state index in [1.807, 2.05) is 0 Å². The minimum atomic E-state index is -0.380. The van der Waals surface area contributed by atoms with Gasteiger partial charge in [-0.05, 0) is 18.3 Å². The lowest BCUT2D eigenvalue weighted by atomic mass is 9.82. The molecule has 1 atom stereocenters. The fraction of sp³-hybridized carbons (Fsp3) is 0.615. The molecule has 1 heterocycles. The van der Waals surface area contributed by atoms with Crippen molar-refractivity contribution in [2.45, 2.75) is 34.6 Å². The highest BCUT2D eigenvalue weighted by atomic mass is 16.6. The van der Waals surface area contributed by atoms with Crippen molar-refractivity contribution in [1.29, 1.82) is 0 Å². The van der Waals surface area contributed by atoms with Crippen molar-refractivity contribution in [2.75, 3.05) is 11.9 Å². The van der Waals surface area contributed by atoms with E-state index in [9.17, 15) is 10.1 Å². The van der Waals surface area contributed by atoms with E-state index in [0.717, 1.165) is 6.54 Å². The number of nitro groups is 1. The van der Waals surface area contributed by atoms with Crippen molar-refractivity contribution in [1.82, 2.24) is 4.98 Å². The highest BCUT2D eigenvalue weighted by molar-refractivity contribution is 5.48. The zero-order valence-corrected chi connectivity index (χ0v) is 11.7. The summed E-state index contributed by atoms with van der Waals surface area (Å²) in [5, 5.41) is 14.0. The van der Waals surface area contributed by atoms with Gasteiger partial charge in [-0.3, -0.25) is 10.1 Å². The predicted molar refractivity (Wildman–Crippen MR) is 72.7 cm³/mol. The van der Waals surface area contributed by atoms with E-state index in [2.05, 4.69) is 38.0 Å². The molecule has 1 aromatic heterocycles. The third-order valence-corrected chi connectivity index (χ3v) is 3.34. The molecule has 0 radical (unpaired) electrons. The van der Waals surface area contributed by atoms with E-state index in [1.165, 1.54) is 12.3 Å². The van der Waals surface area contributed by atoms with E-state index >= 15 is 0 Å². The summed E-state index contributed by atoms with van der Waals surface area (Å²) in [5.41, 5.74) is 0.884. The van der Waals surface area contributed by atoms with Crippen LogP contribution in [-0.4, -0.2) is 16.5 Å². The quantitative estimate of drug-likeness (QED) is 0.658. The van der Waals surface area contributed by atoms with Crippen LogP contribution in [0, 0.1) is 28.4 Å². The number of pyridine rings is 1. The van der Waals surface area contributed by atoms with Crippen LogP contribution < -0.4 is 5.32 Å². The number of hydrogen-bond donors (Lipinski definition) is 1. The number of anilines is 1. The van der Waals surface area contributed by atoms with Gasteiger partial charge in [0.25, 0.3) is 5.69 Å². The number of hydrogen-bond acceptors (Lipinski definition) is 4. The second-order valence-corrected chi connectivity index (χ2v) is 5.76. The molecule has 0 aliphatic carbocycles. The maximum Gasteiger partial charge on any atom is 0.277 e. The Hall–Kier alpha value is -1.65. The number of nitrogens with one attached hydrogen (secondary N) is 1. The van der Waals surface area contributed by atoms with Gasteiger partial charge in [-0.25, -0.2) is 4.98 Å². The summed E-state index contributed by atoms with van der Waals surface area (Å²) in [6.07, 6.45) is 1.53. The first-order valence-electron chi connectivity index (χ1n) is 6.06. The first-order chi connectivity index (χ1) is 8.21. The van der Waals surface area contributed by atoms with Gasteiger partial charge in [-0.15, -0.1) is 0 Å². The molecule has 100 valence electrons. The Morgan fingerprint density at radius 2 is 2.11 bits per heavy atom. The number of aromatic nitrogens is 1. The van der Waals surface area contributed by atoms with Gasteiger partial charge < -0.3 is 5.32 Å². The second-order valence-electron chi connectivity index (χ2n) is 5.76. The summed E-state index contributed by atoms with van der Waals surface area (Å²) in [4.78, 5) is 14.6. The second kappa shape index (κ2) is 5.33. The lowest BCUT2D eigenvalue weighted by Crippen LogP contribution is -2.25. The fourth-order valence-corrected chi connectivity index (χ4v) is 1.37. The lowest BCUT2D eigenvalue weighted by molar-refractivity contribution is -0.385. The molecule has 5 nitrogen and oxygen atoms in total. The Morgan fingerprint density at radius 1 is 1.50 bits per heavy atom. The summed E-state index contributed by atoms with van der Waals surface area (Å²) in [5.74, 6) is 1.00. The van der Waals surface area contributed by atoms with Crippen LogP contribution in [0.3, 0.4) is 0 Å². The first-order valence-corrected chi connectivity index (χ1v) is 6.06. The minimum Gasteiger partial charge on any atom is -0.370 e. The van der Waals surface area contributed by atoms with Crippen molar-refractivity contribution in [3.63, 3.8) is 0 Å². The molecular weight excluding hydrogens is 230 g/mol. The van der Waals surface area contributed by atoms with E-state index in [4.69, 9.17) is 0 Å². The van der Waals surface area contributed by atoms with Crippen LogP contribution in [0.15, 0.2) is 12.3 Å². The number of aryl methyl sites for hydroxylation is 1. The topological polar surface area (TPSA) is 68.1 Å². The highest BCUT2D eigenvalue weighted by Gasteiger charge is 2.20. The van der Waals surface area contributed by atoms with E-state index in [1.54, 1.807) is 6.92 Å². The fourth-order valence-electron chi connectivity index (χ4n) is 1.37. The van der Waals surface area contributed by atoms with Gasteiger partial charge in [-0.2, -0.15) is 0 Å². The molecule has 0 aliphatic heterocycles. The lowest BCUT2D eigenvalue weighted by Gasteiger charge is -2.27. The van der Waals surface area contributed by atoms with Gasteiger partial charge in [0.05, 0.1) is 11.0 Å². The minimum absolute atomic E-state index is 0.107. The molecule has 0 bridgehead atoms. The average Bonchev–Trinajstić information content (AvgIpc) is 2.25. The third-order valence-electron chi connectivity index (χ3n) is 3.34. The van der Waals surface area contributed by atoms with Crippen LogP contribution in [0.4, 0.5) is 11.5 Å². The smallest absolute Gasteiger partial charge is 0.277 e. The van der Waals surface area contributed by atoms with E-state index < -0.39 is 0 Å². The number of rotatable bonds is 4. The summed E-state index contributed by atoms with van der Waals surface area (Å²) >= 11 is 0. The van der Waals surface area contributed by atoms with Crippen molar-refractivity contribution in [3.8, 4) is 0 Å². The highest BCUT2D eigenvalue weighted by Crippen LogP contribution is 2.26. The van der Waals surface area contributed by atoms with Crippen molar-refractivity contribution in [2.24, 2.45) is 11.3 Å². The van der Waals surface area contributed by atoms with Gasteiger partial charge >= 0.3 is 0 Å². The van der Waals surface area contributed by atoms with Crippen LogP contribution >= 0.6 is 0 Å². The molecule has 18 heavy (non-hydrogen) atoms.